The van der Waals surface area contributed by atoms with Crippen LogP contribution < -0.4 is 11.1 Å². The van der Waals surface area contributed by atoms with Crippen molar-refractivity contribution in [3.63, 3.8) is 0 Å². The van der Waals surface area contributed by atoms with E-state index in [1.165, 1.54) is 12.1 Å². The number of benzene rings is 1. The Morgan fingerprint density at radius 3 is 2.72 bits per heavy atom. The topological polar surface area (TPSA) is 119 Å². The number of anilines is 1. The molecule has 0 atom stereocenters. The summed E-state index contributed by atoms with van der Waals surface area (Å²) in [7, 11) is 0. The molecule has 9 heteroatoms. The van der Waals surface area contributed by atoms with Crippen LogP contribution in [0.3, 0.4) is 0 Å². The number of aromatic nitrogens is 4. The summed E-state index contributed by atoms with van der Waals surface area (Å²) in [6.07, 6.45) is 1.73. The van der Waals surface area contributed by atoms with E-state index in [1.54, 1.807) is 16.9 Å². The van der Waals surface area contributed by atoms with Gasteiger partial charge >= 0.3 is 5.76 Å². The number of hydrogen-bond donors (Lipinski definition) is 2. The van der Waals surface area contributed by atoms with Gasteiger partial charge in [0, 0.05) is 12.3 Å². The highest BCUT2D eigenvalue weighted by Gasteiger charge is 2.16. The summed E-state index contributed by atoms with van der Waals surface area (Å²) >= 11 is 0. The number of H-pyrrole nitrogens is 1. The Balaban J connectivity index is 1.50. The summed E-state index contributed by atoms with van der Waals surface area (Å²) in [6.45, 7) is 0. The van der Waals surface area contributed by atoms with Gasteiger partial charge in [0.15, 0.2) is 17.3 Å². The molecule has 1 amide bonds. The third-order valence-corrected chi connectivity index (χ3v) is 3.35. The number of aromatic amines is 1. The maximum absolute atomic E-state index is 12.2. The lowest BCUT2D eigenvalue weighted by molar-refractivity contribution is 0.0997. The molecule has 0 aliphatic rings. The number of nitrogens with one attached hydrogen (secondary N) is 2. The number of rotatable bonds is 4. The van der Waals surface area contributed by atoms with Crippen LogP contribution in [0.1, 0.15) is 10.6 Å². The Bertz CT molecular complexity index is 1070. The molecule has 0 saturated heterocycles. The Kier molecular flexibility index (Phi) is 3.51. The van der Waals surface area contributed by atoms with Crippen molar-refractivity contribution < 1.29 is 13.7 Å². The van der Waals surface area contributed by atoms with Crippen molar-refractivity contribution in [2.75, 3.05) is 5.32 Å². The van der Waals surface area contributed by atoms with Crippen LogP contribution >= 0.6 is 0 Å². The van der Waals surface area contributed by atoms with Gasteiger partial charge in [0.05, 0.1) is 5.69 Å². The van der Waals surface area contributed by atoms with Gasteiger partial charge in [-0.3, -0.25) is 14.3 Å². The molecule has 124 valence electrons. The lowest BCUT2D eigenvalue weighted by Gasteiger charge is -2.01. The van der Waals surface area contributed by atoms with E-state index < -0.39 is 11.7 Å². The molecule has 0 bridgehead atoms. The first-order valence-corrected chi connectivity index (χ1v) is 7.28. The van der Waals surface area contributed by atoms with Gasteiger partial charge in [-0.1, -0.05) is 23.4 Å². The highest BCUT2D eigenvalue weighted by molar-refractivity contribution is 6.01. The van der Waals surface area contributed by atoms with E-state index in [1.807, 2.05) is 30.3 Å². The molecule has 3 heterocycles. The third-order valence-electron chi connectivity index (χ3n) is 3.35. The molecule has 3 aromatic heterocycles. The van der Waals surface area contributed by atoms with Crippen LogP contribution in [0.5, 0.6) is 0 Å². The Labute approximate surface area is 139 Å². The summed E-state index contributed by atoms with van der Waals surface area (Å²) in [5.41, 5.74) is 0.873. The highest BCUT2D eigenvalue weighted by atomic mass is 16.5. The molecule has 0 aliphatic heterocycles. The zero-order chi connectivity index (χ0) is 17.2. The van der Waals surface area contributed by atoms with E-state index in [0.717, 1.165) is 5.69 Å². The normalized spacial score (nSPS) is 10.7. The minimum absolute atomic E-state index is 0.0492. The van der Waals surface area contributed by atoms with Crippen LogP contribution in [-0.4, -0.2) is 25.8 Å². The highest BCUT2D eigenvalue weighted by Crippen LogP contribution is 2.18. The van der Waals surface area contributed by atoms with E-state index >= 15 is 0 Å². The van der Waals surface area contributed by atoms with Gasteiger partial charge in [-0.25, -0.2) is 9.48 Å². The van der Waals surface area contributed by atoms with Gasteiger partial charge in [-0.05, 0) is 24.3 Å². The second-order valence-corrected chi connectivity index (χ2v) is 5.04. The monoisotopic (exact) mass is 337 g/mol. The first-order chi connectivity index (χ1) is 12.2. The van der Waals surface area contributed by atoms with Crippen molar-refractivity contribution in [2.45, 2.75) is 0 Å². The molecule has 0 radical (unpaired) electrons. The maximum Gasteiger partial charge on any atom is 0.439 e. The number of carbonyl (C=O) groups excluding carboxylic acids is 1. The average molecular weight is 337 g/mol. The van der Waals surface area contributed by atoms with Crippen molar-refractivity contribution in [2.24, 2.45) is 0 Å². The molecule has 0 spiro atoms. The molecular formula is C16H11N5O4. The molecule has 25 heavy (non-hydrogen) atoms. The van der Waals surface area contributed by atoms with Gasteiger partial charge < -0.3 is 9.73 Å². The van der Waals surface area contributed by atoms with Gasteiger partial charge in [-0.15, -0.1) is 0 Å². The average Bonchev–Trinajstić information content (AvgIpc) is 3.35. The van der Waals surface area contributed by atoms with E-state index in [9.17, 15) is 9.59 Å². The number of carbonyl (C=O) groups is 1. The van der Waals surface area contributed by atoms with Gasteiger partial charge in [0.25, 0.3) is 5.91 Å². The minimum Gasteiger partial charge on any atom is -0.448 e. The molecule has 4 rings (SSSR count). The summed E-state index contributed by atoms with van der Waals surface area (Å²) < 4.78 is 11.4. The Morgan fingerprint density at radius 2 is 1.96 bits per heavy atom. The molecule has 0 saturated carbocycles. The lowest BCUT2D eigenvalue weighted by Crippen LogP contribution is -2.11. The maximum atomic E-state index is 12.2. The van der Waals surface area contributed by atoms with Crippen LogP contribution in [0.4, 0.5) is 5.82 Å². The van der Waals surface area contributed by atoms with E-state index in [2.05, 4.69) is 25.1 Å². The minimum atomic E-state index is -0.705. The first-order valence-electron chi connectivity index (χ1n) is 7.28. The Morgan fingerprint density at radius 1 is 1.12 bits per heavy atom. The van der Waals surface area contributed by atoms with Crippen molar-refractivity contribution in [3.8, 4) is 17.3 Å². The predicted octanol–water partition coefficient (Wildman–Crippen LogP) is 2.06. The summed E-state index contributed by atoms with van der Waals surface area (Å²) in [4.78, 5) is 25.5. The van der Waals surface area contributed by atoms with E-state index in [-0.39, 0.29) is 17.3 Å². The molecule has 0 fully saturated rings. The number of amides is 1. The van der Waals surface area contributed by atoms with Gasteiger partial charge in [0.2, 0.25) is 5.82 Å². The van der Waals surface area contributed by atoms with Crippen molar-refractivity contribution >= 4 is 11.7 Å². The number of para-hydroxylation sites is 1. The molecule has 2 N–H and O–H groups in total. The molecular weight excluding hydrogens is 326 g/mol. The van der Waals surface area contributed by atoms with E-state index in [4.69, 9.17) is 4.42 Å². The quantitative estimate of drug-likeness (QED) is 0.588. The summed E-state index contributed by atoms with van der Waals surface area (Å²) in [6, 6.07) is 14.1. The van der Waals surface area contributed by atoms with Gasteiger partial charge in [-0.2, -0.15) is 5.10 Å². The van der Waals surface area contributed by atoms with Crippen molar-refractivity contribution in [1.82, 2.24) is 19.9 Å². The second-order valence-electron chi connectivity index (χ2n) is 5.04. The third kappa shape index (κ3) is 2.98. The predicted molar refractivity (Wildman–Crippen MR) is 86.3 cm³/mol. The van der Waals surface area contributed by atoms with Crippen LogP contribution in [0.15, 0.2) is 68.5 Å². The van der Waals surface area contributed by atoms with E-state index in [0.29, 0.717) is 5.82 Å². The molecule has 4 aromatic rings. The largest absolute Gasteiger partial charge is 0.448 e. The molecule has 1 aromatic carbocycles. The smallest absolute Gasteiger partial charge is 0.439 e. The summed E-state index contributed by atoms with van der Waals surface area (Å²) in [5.74, 6) is -0.433. The standard InChI is InChI=1S/C16H11N5O4/c22-15(12-7-6-11(24-12)14-18-16(23)25-20-14)17-13-8-9-21(19-13)10-4-2-1-3-5-10/h1-9H,(H,17,19,22)(H,18,20,23). The zero-order valence-corrected chi connectivity index (χ0v) is 12.7. The van der Waals surface area contributed by atoms with Crippen molar-refractivity contribution in [3.05, 3.63) is 71.0 Å². The number of furan rings is 1. The van der Waals surface area contributed by atoms with Crippen LogP contribution in [0.25, 0.3) is 17.3 Å². The number of nitrogens with zero attached hydrogens (tertiary/aromatic N) is 3. The molecule has 0 unspecified atom stereocenters. The Hall–Kier alpha value is -3.88. The fourth-order valence-corrected chi connectivity index (χ4v) is 2.22. The van der Waals surface area contributed by atoms with Crippen molar-refractivity contribution in [1.29, 1.82) is 0 Å². The summed E-state index contributed by atoms with van der Waals surface area (Å²) in [5, 5.41) is 10.4. The van der Waals surface area contributed by atoms with Crippen LogP contribution in [-0.2, 0) is 0 Å². The number of hydrogen-bond acceptors (Lipinski definition) is 6. The lowest BCUT2D eigenvalue weighted by atomic mass is 10.3. The fourth-order valence-electron chi connectivity index (χ4n) is 2.22. The van der Waals surface area contributed by atoms with Crippen LogP contribution in [0, 0.1) is 0 Å². The second kappa shape index (κ2) is 5.96. The first kappa shape index (κ1) is 14.7. The SMILES string of the molecule is O=C(Nc1ccn(-c2ccccc2)n1)c1ccc(-c2noc(=O)[nH]2)o1. The molecule has 9 nitrogen and oxygen atoms in total. The molecule has 0 aliphatic carbocycles. The fraction of sp³-hybridized carbons (Fsp3) is 0. The van der Waals surface area contributed by atoms with Gasteiger partial charge in [0.1, 0.15) is 0 Å². The van der Waals surface area contributed by atoms with Crippen LogP contribution in [0.2, 0.25) is 0 Å². The zero-order valence-electron chi connectivity index (χ0n) is 12.7.